The minimum Gasteiger partial charge on any atom is -0.439 e. The van der Waals surface area contributed by atoms with E-state index in [1.165, 1.54) is 22.5 Å². The fraction of sp³-hybridized carbons (Fsp3) is 0.273. The molecule has 0 saturated heterocycles. The van der Waals surface area contributed by atoms with Gasteiger partial charge < -0.3 is 17.7 Å². The Kier molecular flexibility index (Phi) is 14.4. The summed E-state index contributed by atoms with van der Waals surface area (Å²) in [7, 11) is 7.72. The minimum absolute atomic E-state index is 0.0231. The molecule has 0 N–H and O–H groups in total. The minimum atomic E-state index is -2.13. The van der Waals surface area contributed by atoms with E-state index in [2.05, 4.69) is 141 Å². The molecule has 16 rings (SSSR count). The number of furan rings is 4. The van der Waals surface area contributed by atoms with Gasteiger partial charge in [-0.05, 0) is 212 Å². The number of rotatable bonds is 4. The zero-order valence-electron chi connectivity index (χ0n) is 67.6. The number of pyridine rings is 8. The highest BCUT2D eigenvalue weighted by Gasteiger charge is 2.45. The Labute approximate surface area is 583 Å². The predicted octanol–water partition coefficient (Wildman–Crippen LogP) is 12.2. The summed E-state index contributed by atoms with van der Waals surface area (Å²) in [6, 6.07) is 29.7. The van der Waals surface area contributed by atoms with Gasteiger partial charge in [-0.3, -0.25) is 19.2 Å². The molecule has 486 valence electrons. The normalized spacial score (nSPS) is 15.9. The lowest BCUT2D eigenvalue weighted by Gasteiger charge is -2.27. The van der Waals surface area contributed by atoms with Crippen LogP contribution in [0.4, 0.5) is 23.3 Å². The highest BCUT2D eigenvalue weighted by Crippen LogP contribution is 2.34. The molecule has 0 fully saturated rings. The molecule has 12 aromatic heterocycles. The van der Waals surface area contributed by atoms with E-state index in [0.29, 0.717) is 33.8 Å². The third-order valence-corrected chi connectivity index (χ3v) is 19.1. The van der Waals surface area contributed by atoms with Crippen LogP contribution in [0.3, 0.4) is 0 Å². The van der Waals surface area contributed by atoms with Crippen LogP contribution in [-0.2, 0) is 28.2 Å². The van der Waals surface area contributed by atoms with E-state index in [4.69, 9.17) is 30.0 Å². The van der Waals surface area contributed by atoms with Crippen LogP contribution in [0.25, 0.3) is 68.7 Å². The molecule has 16 nitrogen and oxygen atoms in total. The zero-order chi connectivity index (χ0) is 76.4. The molecular weight excluding hydrogens is 1200 g/mol. The number of fused-ring (bicyclic) bond motifs is 12. The Morgan fingerprint density at radius 2 is 0.660 bits per heavy atom. The maximum atomic E-state index is 7.76. The number of aryl methyl sites for hydroxylation is 13. The Balaban J connectivity index is 0.000000125. The van der Waals surface area contributed by atoms with E-state index in [1.54, 1.807) is 30.7 Å². The fourth-order valence-electron chi connectivity index (χ4n) is 14.4. The standard InChI is InChI=1S/C20H23BN3O.3C19H21BN3O/c1-12-9-18(23(6)11-13(12)2)24-15(4)10-17-19(21(24)5)16-8-7-14(3)22-20(16)25-17;2*1-12-6-9-17(22(5)11-12)23-14(3)10-16-18(20(23)4)15-8-7-13(2)21-19(15)24-16;1-12-8-9-22(5)17(10-12)23-14(3)11-16-18(20(23)4)15-7-6-13(2)21-19(15)24-16/h7-11H,1-6H3;3*6-11H,1-5H3/q4*+1/i2D3;2*1D3;. The summed E-state index contributed by atoms with van der Waals surface area (Å²) in [5.74, 6) is 7.40. The highest BCUT2D eigenvalue weighted by atomic mass is 16.4. The SMILES string of the molecule is CB1c2c(oc3nc(C)ccc23)C=C(C)N1c1cc(C)cc[n+]1C.[2H]C([2H])([2H])c1c[n+](C)c(N2B(C)c3c(oc4nc(C)ccc34)C=C2C)cc1C.[2H]C([2H])([2H])c1ccc(N2B(C)c3c(oc4nc(C)ccc34)C=C2C)[n+](C)c1.[2H]C([2H])([2H])c1ccc(N2B(C)c3c(oc4nc(C)ccc34)C=C2C)[n+](C)c1. The Morgan fingerprint density at radius 1 is 0.340 bits per heavy atom. The van der Waals surface area contributed by atoms with Crippen LogP contribution in [0.5, 0.6) is 0 Å². The van der Waals surface area contributed by atoms with Gasteiger partial charge in [0.1, 0.15) is 23.0 Å². The summed E-state index contributed by atoms with van der Waals surface area (Å²) in [6.45, 7) is 22.6. The lowest BCUT2D eigenvalue weighted by molar-refractivity contribution is -0.658. The third kappa shape index (κ3) is 11.9. The molecule has 0 unspecified atom stereocenters. The van der Waals surface area contributed by atoms with E-state index >= 15 is 0 Å². The molecule has 0 saturated carbocycles. The second kappa shape index (κ2) is 25.4. The van der Waals surface area contributed by atoms with E-state index in [1.807, 2.05) is 151 Å². The lowest BCUT2D eigenvalue weighted by Crippen LogP contribution is -2.52. The van der Waals surface area contributed by atoms with E-state index in [0.717, 1.165) is 130 Å². The molecule has 0 aromatic carbocycles. The second-order valence-corrected chi connectivity index (χ2v) is 26.4. The van der Waals surface area contributed by atoms with Crippen LogP contribution in [0.2, 0.25) is 27.3 Å². The number of anilines is 4. The van der Waals surface area contributed by atoms with E-state index in [9.17, 15) is 0 Å². The topological polar surface area (TPSA) is 133 Å². The van der Waals surface area contributed by atoms with Crippen LogP contribution in [-0.4, -0.2) is 47.3 Å². The van der Waals surface area contributed by atoms with Gasteiger partial charge in [0.2, 0.25) is 22.9 Å². The average Bonchev–Trinajstić information content (AvgIpc) is 1.57. The van der Waals surface area contributed by atoms with Crippen molar-refractivity contribution in [3.8, 4) is 0 Å². The molecule has 0 aliphatic carbocycles. The molecule has 4 aliphatic rings. The van der Waals surface area contributed by atoms with Crippen molar-refractivity contribution in [3.63, 3.8) is 0 Å². The maximum Gasteiger partial charge on any atom is 0.413 e. The Hall–Kier alpha value is -10.2. The van der Waals surface area contributed by atoms with Crippen molar-refractivity contribution >= 4 is 141 Å². The first kappa shape index (κ1) is 55.0. The van der Waals surface area contributed by atoms with Gasteiger partial charge in [0.15, 0.2) is 0 Å². The maximum absolute atomic E-state index is 7.76. The summed E-state index contributed by atoms with van der Waals surface area (Å²) in [5, 5.41) is 4.14. The van der Waals surface area contributed by atoms with Gasteiger partial charge in [-0.25, -0.2) is 38.2 Å². The fourth-order valence-corrected chi connectivity index (χ4v) is 14.4. The van der Waals surface area contributed by atoms with Gasteiger partial charge in [0.05, 0.1) is 75.8 Å². The Bertz CT molecular complexity index is 5500. The number of hydrogen-bond donors (Lipinski definition) is 0. The summed E-state index contributed by atoms with van der Waals surface area (Å²) < 4.78 is 101. The van der Waals surface area contributed by atoms with Crippen molar-refractivity contribution in [1.29, 1.82) is 0 Å². The summed E-state index contributed by atoms with van der Waals surface area (Å²) in [5.41, 5.74) is 18.3. The molecule has 12 aromatic rings. The van der Waals surface area contributed by atoms with Crippen molar-refractivity contribution in [1.82, 2.24) is 19.9 Å². The molecule has 0 spiro atoms. The molecular formula is C77H86B4N12O4+4. The molecule has 0 radical (unpaired) electrons. The van der Waals surface area contributed by atoms with Gasteiger partial charge >= 0.3 is 27.4 Å². The van der Waals surface area contributed by atoms with Crippen molar-refractivity contribution < 1.29 is 48.3 Å². The second-order valence-electron chi connectivity index (χ2n) is 26.4. The van der Waals surface area contributed by atoms with Gasteiger partial charge in [-0.2, -0.15) is 0 Å². The molecule has 97 heavy (non-hydrogen) atoms. The van der Waals surface area contributed by atoms with Crippen LogP contribution in [0, 0.1) is 62.1 Å². The van der Waals surface area contributed by atoms with Crippen LogP contribution < -0.4 is 59.4 Å². The number of nitrogens with zero attached hydrogens (tertiary/aromatic N) is 12. The molecule has 20 heteroatoms. The van der Waals surface area contributed by atoms with Crippen molar-refractivity contribution in [2.75, 3.05) is 19.2 Å². The molecule has 4 aliphatic heterocycles. The van der Waals surface area contributed by atoms with Crippen LogP contribution >= 0.6 is 0 Å². The highest BCUT2D eigenvalue weighted by molar-refractivity contribution is 6.81. The predicted molar refractivity (Wildman–Crippen MR) is 399 cm³/mol. The molecule has 0 atom stereocenters. The third-order valence-electron chi connectivity index (χ3n) is 19.1. The number of aromatic nitrogens is 8. The first-order valence-electron chi connectivity index (χ1n) is 37.3. The largest absolute Gasteiger partial charge is 0.439 e. The molecule has 0 amide bonds. The van der Waals surface area contributed by atoms with Gasteiger partial charge in [-0.15, -0.1) is 0 Å². The Morgan fingerprint density at radius 3 is 0.979 bits per heavy atom. The average molecular weight is 1300 g/mol. The zero-order valence-corrected chi connectivity index (χ0v) is 58.6. The summed E-state index contributed by atoms with van der Waals surface area (Å²) >= 11 is 0. The summed E-state index contributed by atoms with van der Waals surface area (Å²) in [6.07, 6.45) is 15.4. The monoisotopic (exact) mass is 1300 g/mol. The van der Waals surface area contributed by atoms with Gasteiger partial charge in [0, 0.05) is 127 Å². The molecule has 0 bridgehead atoms. The first-order chi connectivity index (χ1) is 49.9. The quantitative estimate of drug-likeness (QED) is 0.123. The van der Waals surface area contributed by atoms with Gasteiger partial charge in [0.25, 0.3) is 23.3 Å². The smallest absolute Gasteiger partial charge is 0.413 e. The lowest BCUT2D eigenvalue weighted by atomic mass is 9.54. The van der Waals surface area contributed by atoms with Crippen molar-refractivity contribution in [3.05, 3.63) is 212 Å². The van der Waals surface area contributed by atoms with E-state index < -0.39 is 20.6 Å². The van der Waals surface area contributed by atoms with E-state index in [-0.39, 0.29) is 27.4 Å². The van der Waals surface area contributed by atoms with Gasteiger partial charge in [-0.1, -0.05) is 0 Å². The first-order valence-corrected chi connectivity index (χ1v) is 32.8. The van der Waals surface area contributed by atoms with Crippen LogP contribution in [0.15, 0.2) is 156 Å². The van der Waals surface area contributed by atoms with Crippen molar-refractivity contribution in [2.24, 2.45) is 28.2 Å². The summed E-state index contributed by atoms with van der Waals surface area (Å²) in [4.78, 5) is 27.1. The van der Waals surface area contributed by atoms with Crippen LogP contribution in [0.1, 0.15) is 114 Å². The van der Waals surface area contributed by atoms with Crippen molar-refractivity contribution in [2.45, 2.75) is 117 Å². The molecule has 16 heterocycles. The number of allylic oxidation sites excluding steroid dienone is 4. The number of hydrogen-bond acceptors (Lipinski definition) is 12.